The lowest BCUT2D eigenvalue weighted by molar-refractivity contribution is -0.385. The van der Waals surface area contributed by atoms with Crippen molar-refractivity contribution in [2.45, 2.75) is 26.8 Å². The first kappa shape index (κ1) is 19.6. The molecule has 0 saturated heterocycles. The molecule has 0 radical (unpaired) electrons. The van der Waals surface area contributed by atoms with Gasteiger partial charge in [-0.25, -0.2) is 4.79 Å². The minimum Gasteiger partial charge on any atom is -0.424 e. The van der Waals surface area contributed by atoms with Crippen LogP contribution in [0.3, 0.4) is 0 Å². The molecule has 6 heteroatoms. The standard InChI is InChI=1S/C24H22N2O4/c1-14-8-7-10-19-21(14)18-9-5-6-11-20(18)25(4)22(19)24(27)30-23-15(2)12-17(26(28)29)13-16(23)3/h5-13,22H,1-4H3. The summed E-state index contributed by atoms with van der Waals surface area (Å²) < 4.78 is 5.83. The smallest absolute Gasteiger partial charge is 0.338 e. The molecule has 1 atom stereocenters. The Bertz CT molecular complexity index is 1160. The molecule has 152 valence electrons. The van der Waals surface area contributed by atoms with Crippen molar-refractivity contribution in [1.82, 2.24) is 0 Å². The molecular weight excluding hydrogens is 380 g/mol. The molecule has 0 bridgehead atoms. The Morgan fingerprint density at radius 3 is 2.33 bits per heavy atom. The Morgan fingerprint density at radius 2 is 1.67 bits per heavy atom. The summed E-state index contributed by atoms with van der Waals surface area (Å²) in [5, 5.41) is 11.1. The van der Waals surface area contributed by atoms with E-state index in [2.05, 4.69) is 6.07 Å². The highest BCUT2D eigenvalue weighted by Crippen LogP contribution is 2.45. The van der Waals surface area contributed by atoms with Gasteiger partial charge in [0.15, 0.2) is 6.04 Å². The Labute approximate surface area is 174 Å². The number of aryl methyl sites for hydroxylation is 3. The third-order valence-corrected chi connectivity index (χ3v) is 5.62. The molecule has 3 aromatic carbocycles. The van der Waals surface area contributed by atoms with Gasteiger partial charge in [-0.15, -0.1) is 0 Å². The molecule has 0 saturated carbocycles. The van der Waals surface area contributed by atoms with E-state index in [1.165, 1.54) is 12.1 Å². The number of nitro benzene ring substituents is 1. The maximum atomic E-state index is 13.4. The van der Waals surface area contributed by atoms with Crippen molar-refractivity contribution < 1.29 is 14.5 Å². The maximum Gasteiger partial charge on any atom is 0.338 e. The highest BCUT2D eigenvalue weighted by atomic mass is 16.6. The lowest BCUT2D eigenvalue weighted by Crippen LogP contribution is -2.36. The molecule has 0 aromatic heterocycles. The Morgan fingerprint density at radius 1 is 1.00 bits per heavy atom. The molecule has 0 fully saturated rings. The number of carbonyl (C=O) groups is 1. The van der Waals surface area contributed by atoms with E-state index in [1.54, 1.807) is 13.8 Å². The number of hydrogen-bond acceptors (Lipinski definition) is 5. The SMILES string of the molecule is Cc1cc([N+](=O)[O-])cc(C)c1OC(=O)C1c2cccc(C)c2-c2ccccc2N1C. The number of non-ortho nitro benzene ring substituents is 1. The molecule has 30 heavy (non-hydrogen) atoms. The van der Waals surface area contributed by atoms with Gasteiger partial charge in [0.05, 0.1) is 4.92 Å². The zero-order chi connectivity index (χ0) is 21.6. The van der Waals surface area contributed by atoms with Gasteiger partial charge in [-0.2, -0.15) is 0 Å². The van der Waals surface area contributed by atoms with Gasteiger partial charge >= 0.3 is 5.97 Å². The van der Waals surface area contributed by atoms with E-state index in [-0.39, 0.29) is 5.69 Å². The van der Waals surface area contributed by atoms with Crippen LogP contribution in [0.25, 0.3) is 11.1 Å². The van der Waals surface area contributed by atoms with Crippen molar-refractivity contribution in [1.29, 1.82) is 0 Å². The van der Waals surface area contributed by atoms with Crippen molar-refractivity contribution in [2.75, 3.05) is 11.9 Å². The molecule has 4 rings (SSSR count). The third kappa shape index (κ3) is 3.10. The molecule has 0 spiro atoms. The fourth-order valence-corrected chi connectivity index (χ4v) is 4.26. The van der Waals surface area contributed by atoms with E-state index in [1.807, 2.05) is 55.3 Å². The van der Waals surface area contributed by atoms with E-state index < -0.39 is 16.9 Å². The minimum absolute atomic E-state index is 0.0190. The molecule has 1 heterocycles. The summed E-state index contributed by atoms with van der Waals surface area (Å²) in [6.45, 7) is 5.45. The van der Waals surface area contributed by atoms with Crippen molar-refractivity contribution in [3.8, 4) is 16.9 Å². The van der Waals surface area contributed by atoms with Crippen LogP contribution in [0, 0.1) is 30.9 Å². The fraction of sp³-hybridized carbons (Fsp3) is 0.208. The van der Waals surface area contributed by atoms with Crippen LogP contribution in [0.15, 0.2) is 54.6 Å². The van der Waals surface area contributed by atoms with E-state index in [0.717, 1.165) is 27.9 Å². The van der Waals surface area contributed by atoms with Crippen molar-refractivity contribution in [3.63, 3.8) is 0 Å². The summed E-state index contributed by atoms with van der Waals surface area (Å²) in [5.41, 5.74) is 6.15. The predicted octanol–water partition coefficient (Wildman–Crippen LogP) is 5.28. The third-order valence-electron chi connectivity index (χ3n) is 5.62. The summed E-state index contributed by atoms with van der Waals surface area (Å²) in [4.78, 5) is 26.0. The van der Waals surface area contributed by atoms with Crippen LogP contribution in [0.5, 0.6) is 5.75 Å². The molecule has 3 aromatic rings. The number of nitro groups is 1. The number of likely N-dealkylation sites (N-methyl/N-ethyl adjacent to an activating group) is 1. The first-order chi connectivity index (χ1) is 14.3. The molecule has 0 amide bonds. The second-order valence-corrected chi connectivity index (χ2v) is 7.66. The summed E-state index contributed by atoms with van der Waals surface area (Å²) in [7, 11) is 1.88. The van der Waals surface area contributed by atoms with Crippen LogP contribution in [0.4, 0.5) is 11.4 Å². The van der Waals surface area contributed by atoms with Gasteiger partial charge in [-0.3, -0.25) is 10.1 Å². The Kier molecular flexibility index (Phi) is 4.78. The number of carbonyl (C=O) groups excluding carboxylic acids is 1. The van der Waals surface area contributed by atoms with E-state index in [0.29, 0.717) is 16.9 Å². The lowest BCUT2D eigenvalue weighted by Gasteiger charge is -2.36. The number of rotatable bonds is 3. The number of benzene rings is 3. The van der Waals surface area contributed by atoms with Crippen LogP contribution < -0.4 is 9.64 Å². The average molecular weight is 402 g/mol. The van der Waals surface area contributed by atoms with Crippen LogP contribution in [-0.2, 0) is 4.79 Å². The summed E-state index contributed by atoms with van der Waals surface area (Å²) >= 11 is 0. The molecule has 1 unspecified atom stereocenters. The van der Waals surface area contributed by atoms with Crippen molar-refractivity contribution >= 4 is 17.3 Å². The number of ether oxygens (including phenoxy) is 1. The minimum atomic E-state index is -0.621. The Hall–Kier alpha value is -3.67. The summed E-state index contributed by atoms with van der Waals surface area (Å²) in [6.07, 6.45) is 0. The Balaban J connectivity index is 1.78. The summed E-state index contributed by atoms with van der Waals surface area (Å²) in [5.74, 6) is -0.0500. The summed E-state index contributed by atoms with van der Waals surface area (Å²) in [6, 6.07) is 16.2. The van der Waals surface area contributed by atoms with Gasteiger partial charge in [0, 0.05) is 30.4 Å². The lowest BCUT2D eigenvalue weighted by atomic mass is 9.85. The van der Waals surface area contributed by atoms with Crippen LogP contribution in [-0.4, -0.2) is 17.9 Å². The van der Waals surface area contributed by atoms with Gasteiger partial charge in [-0.1, -0.05) is 36.4 Å². The van der Waals surface area contributed by atoms with Crippen LogP contribution in [0.2, 0.25) is 0 Å². The quantitative estimate of drug-likeness (QED) is 0.258. The average Bonchev–Trinajstić information content (AvgIpc) is 2.70. The zero-order valence-electron chi connectivity index (χ0n) is 17.3. The second-order valence-electron chi connectivity index (χ2n) is 7.66. The molecule has 0 N–H and O–H groups in total. The molecule has 1 aliphatic heterocycles. The molecule has 1 aliphatic rings. The highest BCUT2D eigenvalue weighted by Gasteiger charge is 2.36. The molecule has 0 aliphatic carbocycles. The van der Waals surface area contributed by atoms with Crippen molar-refractivity contribution in [3.05, 3.63) is 87.0 Å². The monoisotopic (exact) mass is 402 g/mol. The van der Waals surface area contributed by atoms with Gasteiger partial charge in [0.2, 0.25) is 0 Å². The van der Waals surface area contributed by atoms with Crippen LogP contribution in [0.1, 0.15) is 28.3 Å². The largest absolute Gasteiger partial charge is 0.424 e. The van der Waals surface area contributed by atoms with Gasteiger partial charge in [-0.05, 0) is 54.7 Å². The topological polar surface area (TPSA) is 72.7 Å². The van der Waals surface area contributed by atoms with Gasteiger partial charge < -0.3 is 9.64 Å². The van der Waals surface area contributed by atoms with E-state index in [4.69, 9.17) is 4.74 Å². The highest BCUT2D eigenvalue weighted by molar-refractivity contribution is 5.95. The number of para-hydroxylation sites is 1. The first-order valence-corrected chi connectivity index (χ1v) is 9.68. The predicted molar refractivity (Wildman–Crippen MR) is 116 cm³/mol. The first-order valence-electron chi connectivity index (χ1n) is 9.68. The number of nitrogens with zero attached hydrogens (tertiary/aromatic N) is 2. The number of esters is 1. The van der Waals surface area contributed by atoms with Crippen LogP contribution >= 0.6 is 0 Å². The van der Waals surface area contributed by atoms with Crippen molar-refractivity contribution in [2.24, 2.45) is 0 Å². The normalized spacial score (nSPS) is 14.7. The number of hydrogen-bond donors (Lipinski definition) is 0. The van der Waals surface area contributed by atoms with Gasteiger partial charge in [0.25, 0.3) is 5.69 Å². The van der Waals surface area contributed by atoms with E-state index >= 15 is 0 Å². The maximum absolute atomic E-state index is 13.4. The fourth-order valence-electron chi connectivity index (χ4n) is 4.26. The number of anilines is 1. The van der Waals surface area contributed by atoms with E-state index in [9.17, 15) is 14.9 Å². The zero-order valence-corrected chi connectivity index (χ0v) is 17.3. The molecular formula is C24H22N2O4. The molecule has 6 nitrogen and oxygen atoms in total. The number of fused-ring (bicyclic) bond motifs is 3. The van der Waals surface area contributed by atoms with Gasteiger partial charge in [0.1, 0.15) is 5.75 Å². The second kappa shape index (κ2) is 7.30.